The van der Waals surface area contributed by atoms with E-state index in [1.54, 1.807) is 0 Å². The van der Waals surface area contributed by atoms with Crippen LogP contribution in [-0.4, -0.2) is 45.4 Å². The fourth-order valence-electron chi connectivity index (χ4n) is 3.38. The van der Waals surface area contributed by atoms with Crippen LogP contribution in [0, 0.1) is 5.92 Å². The normalized spacial score (nSPS) is 15.5. The highest BCUT2D eigenvalue weighted by molar-refractivity contribution is 14.0. The van der Waals surface area contributed by atoms with Crippen LogP contribution in [-0.2, 0) is 17.7 Å². The third kappa shape index (κ3) is 7.79. The number of benzene rings is 1. The molecule has 1 atom stereocenters. The monoisotopic (exact) mass is 528 g/mol. The van der Waals surface area contributed by atoms with E-state index in [-0.39, 0.29) is 24.0 Å². The molecule has 7 heteroatoms. The van der Waals surface area contributed by atoms with Crippen molar-refractivity contribution in [3.63, 3.8) is 0 Å². The predicted octanol–water partition coefficient (Wildman–Crippen LogP) is 4.14. The molecule has 1 unspecified atom stereocenters. The molecule has 2 heterocycles. The minimum atomic E-state index is 0. The maximum absolute atomic E-state index is 5.49. The third-order valence-corrected chi connectivity index (χ3v) is 5.74. The number of rotatable bonds is 8. The lowest BCUT2D eigenvalue weighted by molar-refractivity contribution is 0.122. The SMILES string of the molecule is CCNC(=NCc1ccccc1N1CCOCC1)NCC(C)Cc1cccs1.I. The number of thiophene rings is 1. The van der Waals surface area contributed by atoms with E-state index in [9.17, 15) is 0 Å². The van der Waals surface area contributed by atoms with Crippen LogP contribution in [0.1, 0.15) is 24.3 Å². The van der Waals surface area contributed by atoms with Gasteiger partial charge in [-0.2, -0.15) is 0 Å². The number of hydrogen-bond donors (Lipinski definition) is 2. The van der Waals surface area contributed by atoms with Gasteiger partial charge in [-0.15, -0.1) is 35.3 Å². The van der Waals surface area contributed by atoms with Crippen molar-refractivity contribution in [2.24, 2.45) is 10.9 Å². The molecule has 3 rings (SSSR count). The number of nitrogens with one attached hydrogen (secondary N) is 2. The van der Waals surface area contributed by atoms with Crippen LogP contribution >= 0.6 is 35.3 Å². The average molecular weight is 529 g/mol. The van der Waals surface area contributed by atoms with Crippen molar-refractivity contribution in [2.75, 3.05) is 44.3 Å². The van der Waals surface area contributed by atoms with E-state index in [1.165, 1.54) is 16.1 Å². The molecule has 0 amide bonds. The fraction of sp³-hybridized carbons (Fsp3) is 0.500. The molecular formula is C22H33IN4OS. The Balaban J connectivity index is 0.00000300. The standard InChI is InChI=1S/C22H32N4OS.HI/c1-3-23-22(24-16-18(2)15-20-8-6-14-28-20)25-17-19-7-4-5-9-21(19)26-10-12-27-13-11-26;/h4-9,14,18H,3,10-13,15-17H2,1-2H3,(H2,23,24,25);1H. The molecule has 29 heavy (non-hydrogen) atoms. The van der Waals surface area contributed by atoms with Crippen molar-refractivity contribution in [1.82, 2.24) is 10.6 Å². The van der Waals surface area contributed by atoms with E-state index < -0.39 is 0 Å². The van der Waals surface area contributed by atoms with Crippen LogP contribution in [0.5, 0.6) is 0 Å². The second kappa shape index (κ2) is 13.1. The van der Waals surface area contributed by atoms with Gasteiger partial charge in [-0.25, -0.2) is 4.99 Å². The summed E-state index contributed by atoms with van der Waals surface area (Å²) in [7, 11) is 0. The average Bonchev–Trinajstić information content (AvgIpc) is 3.24. The highest BCUT2D eigenvalue weighted by Crippen LogP contribution is 2.22. The van der Waals surface area contributed by atoms with Gasteiger partial charge >= 0.3 is 0 Å². The lowest BCUT2D eigenvalue weighted by atomic mass is 10.1. The number of nitrogens with zero attached hydrogens (tertiary/aromatic N) is 2. The highest BCUT2D eigenvalue weighted by Gasteiger charge is 2.14. The van der Waals surface area contributed by atoms with Gasteiger partial charge < -0.3 is 20.3 Å². The first-order valence-corrected chi connectivity index (χ1v) is 11.1. The molecule has 1 aromatic carbocycles. The molecule has 1 aliphatic rings. The summed E-state index contributed by atoms with van der Waals surface area (Å²) >= 11 is 1.83. The summed E-state index contributed by atoms with van der Waals surface area (Å²) < 4.78 is 5.49. The van der Waals surface area contributed by atoms with E-state index in [1.807, 2.05) is 11.3 Å². The molecular weight excluding hydrogens is 495 g/mol. The molecule has 1 aliphatic heterocycles. The summed E-state index contributed by atoms with van der Waals surface area (Å²) in [5.74, 6) is 1.44. The summed E-state index contributed by atoms with van der Waals surface area (Å²) in [5.41, 5.74) is 2.53. The Morgan fingerprint density at radius 3 is 2.69 bits per heavy atom. The van der Waals surface area contributed by atoms with E-state index in [2.05, 4.69) is 71.2 Å². The molecule has 0 radical (unpaired) electrons. The smallest absolute Gasteiger partial charge is 0.191 e. The van der Waals surface area contributed by atoms with Crippen molar-refractivity contribution >= 4 is 47.0 Å². The zero-order chi connectivity index (χ0) is 19.6. The van der Waals surface area contributed by atoms with Crippen molar-refractivity contribution in [1.29, 1.82) is 0 Å². The number of ether oxygens (including phenoxy) is 1. The van der Waals surface area contributed by atoms with E-state index >= 15 is 0 Å². The third-order valence-electron chi connectivity index (χ3n) is 4.84. The van der Waals surface area contributed by atoms with Crippen molar-refractivity contribution < 1.29 is 4.74 Å². The Labute approximate surface area is 196 Å². The molecule has 0 aliphatic carbocycles. The molecule has 1 aromatic heterocycles. The second-order valence-electron chi connectivity index (χ2n) is 7.19. The van der Waals surface area contributed by atoms with Gasteiger partial charge in [0.2, 0.25) is 0 Å². The molecule has 2 aromatic rings. The number of anilines is 1. The summed E-state index contributed by atoms with van der Waals surface area (Å²) in [5, 5.41) is 9.03. The van der Waals surface area contributed by atoms with Gasteiger partial charge in [0.25, 0.3) is 0 Å². The number of para-hydroxylation sites is 1. The molecule has 0 saturated carbocycles. The van der Waals surface area contributed by atoms with Crippen molar-refractivity contribution in [3.05, 3.63) is 52.2 Å². The number of hydrogen-bond acceptors (Lipinski definition) is 4. The predicted molar refractivity (Wildman–Crippen MR) is 135 cm³/mol. The van der Waals surface area contributed by atoms with Crippen LogP contribution in [0.2, 0.25) is 0 Å². The van der Waals surface area contributed by atoms with Crippen LogP contribution < -0.4 is 15.5 Å². The lowest BCUT2D eigenvalue weighted by Gasteiger charge is -2.30. The Kier molecular flexibility index (Phi) is 10.8. The molecule has 160 valence electrons. The second-order valence-corrected chi connectivity index (χ2v) is 8.23. The van der Waals surface area contributed by atoms with Gasteiger partial charge in [-0.1, -0.05) is 31.2 Å². The topological polar surface area (TPSA) is 48.9 Å². The maximum atomic E-state index is 5.49. The number of halogens is 1. The van der Waals surface area contributed by atoms with Crippen LogP contribution in [0.4, 0.5) is 5.69 Å². The number of aliphatic imine (C=N–C) groups is 1. The summed E-state index contributed by atoms with van der Waals surface area (Å²) in [4.78, 5) is 8.69. The Hall–Kier alpha value is -1.32. The molecule has 5 nitrogen and oxygen atoms in total. The minimum absolute atomic E-state index is 0. The Bertz CT molecular complexity index is 732. The van der Waals surface area contributed by atoms with Gasteiger partial charge in [0.1, 0.15) is 0 Å². The maximum Gasteiger partial charge on any atom is 0.191 e. The fourth-order valence-corrected chi connectivity index (χ4v) is 4.25. The molecule has 1 fully saturated rings. The summed E-state index contributed by atoms with van der Waals surface area (Å²) in [6, 6.07) is 12.9. The van der Waals surface area contributed by atoms with Crippen molar-refractivity contribution in [3.8, 4) is 0 Å². The lowest BCUT2D eigenvalue weighted by Crippen LogP contribution is -2.39. The Morgan fingerprint density at radius 2 is 1.97 bits per heavy atom. The zero-order valence-corrected chi connectivity index (χ0v) is 20.5. The molecule has 2 N–H and O–H groups in total. The van der Waals surface area contributed by atoms with Gasteiger partial charge in [0.15, 0.2) is 5.96 Å². The van der Waals surface area contributed by atoms with E-state index in [0.29, 0.717) is 12.5 Å². The first-order chi connectivity index (χ1) is 13.8. The first kappa shape index (κ1) is 24.0. The van der Waals surface area contributed by atoms with Crippen LogP contribution in [0.25, 0.3) is 0 Å². The summed E-state index contributed by atoms with van der Waals surface area (Å²) in [6.45, 7) is 10.3. The minimum Gasteiger partial charge on any atom is -0.378 e. The molecule has 1 saturated heterocycles. The molecule has 0 bridgehead atoms. The first-order valence-electron chi connectivity index (χ1n) is 10.2. The van der Waals surface area contributed by atoms with E-state index in [0.717, 1.165) is 51.8 Å². The van der Waals surface area contributed by atoms with Crippen LogP contribution in [0.15, 0.2) is 46.8 Å². The van der Waals surface area contributed by atoms with Crippen molar-refractivity contribution in [2.45, 2.75) is 26.8 Å². The van der Waals surface area contributed by atoms with Crippen LogP contribution in [0.3, 0.4) is 0 Å². The van der Waals surface area contributed by atoms with Gasteiger partial charge in [-0.3, -0.25) is 0 Å². The number of guanidine groups is 1. The largest absolute Gasteiger partial charge is 0.378 e. The summed E-state index contributed by atoms with van der Waals surface area (Å²) in [6.07, 6.45) is 1.10. The molecule has 0 spiro atoms. The number of morpholine rings is 1. The highest BCUT2D eigenvalue weighted by atomic mass is 127. The Morgan fingerprint density at radius 1 is 1.17 bits per heavy atom. The quantitative estimate of drug-likeness (QED) is 0.307. The van der Waals surface area contributed by atoms with Gasteiger partial charge in [-0.05, 0) is 42.3 Å². The zero-order valence-electron chi connectivity index (χ0n) is 17.4. The van der Waals surface area contributed by atoms with Gasteiger partial charge in [0.05, 0.1) is 19.8 Å². The van der Waals surface area contributed by atoms with Gasteiger partial charge in [0, 0.05) is 36.7 Å². The van der Waals surface area contributed by atoms with E-state index in [4.69, 9.17) is 9.73 Å².